The summed E-state index contributed by atoms with van der Waals surface area (Å²) in [6.07, 6.45) is 12.5. The lowest BCUT2D eigenvalue weighted by molar-refractivity contribution is -0.0895. The van der Waals surface area contributed by atoms with Gasteiger partial charge in [-0.15, -0.1) is 0 Å². The maximum Gasteiger partial charge on any atom is 0.317 e. The summed E-state index contributed by atoms with van der Waals surface area (Å²) in [6.45, 7) is 3.02. The first-order valence-electron chi connectivity index (χ1n) is 14.0. The normalized spacial score (nSPS) is 21.7. The summed E-state index contributed by atoms with van der Waals surface area (Å²) in [6, 6.07) is 8.30. The van der Waals surface area contributed by atoms with Crippen LogP contribution in [0.2, 0.25) is 5.02 Å². The second-order valence-corrected chi connectivity index (χ2v) is 11.2. The molecule has 0 aromatic heterocycles. The van der Waals surface area contributed by atoms with E-state index in [4.69, 9.17) is 21.1 Å². The van der Waals surface area contributed by atoms with Crippen molar-refractivity contribution in [3.8, 4) is 0 Å². The van der Waals surface area contributed by atoms with E-state index in [1.165, 1.54) is 32.1 Å². The molecule has 2 fully saturated rings. The van der Waals surface area contributed by atoms with Crippen molar-refractivity contribution in [1.29, 1.82) is 0 Å². The Morgan fingerprint density at radius 1 is 1.17 bits per heavy atom. The van der Waals surface area contributed by atoms with Crippen LogP contribution in [0.25, 0.3) is 0 Å². The van der Waals surface area contributed by atoms with E-state index in [1.54, 1.807) is 7.11 Å². The monoisotopic (exact) mass is 521 g/mol. The summed E-state index contributed by atoms with van der Waals surface area (Å²) in [4.78, 5) is 15.5. The van der Waals surface area contributed by atoms with Crippen LogP contribution >= 0.6 is 11.6 Å². The van der Waals surface area contributed by atoms with Crippen LogP contribution in [0.5, 0.6) is 0 Å². The van der Waals surface area contributed by atoms with Crippen molar-refractivity contribution in [3.05, 3.63) is 34.9 Å². The molecule has 0 bridgehead atoms. The Balaban J connectivity index is 1.72. The Labute approximate surface area is 223 Å². The summed E-state index contributed by atoms with van der Waals surface area (Å²) in [5.74, 6) is 0.923. The number of halogens is 1. The van der Waals surface area contributed by atoms with Crippen LogP contribution in [0, 0.1) is 11.8 Å². The molecule has 204 valence electrons. The van der Waals surface area contributed by atoms with Gasteiger partial charge >= 0.3 is 6.03 Å². The minimum atomic E-state index is -0.482. The number of urea groups is 1. The van der Waals surface area contributed by atoms with Crippen LogP contribution in [0.3, 0.4) is 0 Å². The van der Waals surface area contributed by atoms with Gasteiger partial charge in [-0.3, -0.25) is 0 Å². The van der Waals surface area contributed by atoms with Gasteiger partial charge in [-0.2, -0.15) is 0 Å². The maximum atomic E-state index is 13.5. The third-order valence-corrected chi connectivity index (χ3v) is 8.55. The third kappa shape index (κ3) is 8.08. The zero-order chi connectivity index (χ0) is 25.8. The highest BCUT2D eigenvalue weighted by Crippen LogP contribution is 2.43. The SMILES string of the molecule is CNC[C@H](CC1CCCCC1)NC(=O)N1CCC[C@@H]([C@](CCCCOC)(OC)c2cccc(Cl)c2)C1. The summed E-state index contributed by atoms with van der Waals surface area (Å²) in [5.41, 5.74) is 0.622. The van der Waals surface area contributed by atoms with Crippen LogP contribution < -0.4 is 10.6 Å². The zero-order valence-electron chi connectivity index (χ0n) is 22.7. The number of ether oxygens (including phenoxy) is 2. The van der Waals surface area contributed by atoms with E-state index < -0.39 is 5.60 Å². The summed E-state index contributed by atoms with van der Waals surface area (Å²) >= 11 is 6.42. The fourth-order valence-corrected chi connectivity index (χ4v) is 6.62. The molecule has 1 aliphatic carbocycles. The highest BCUT2D eigenvalue weighted by atomic mass is 35.5. The van der Waals surface area contributed by atoms with Gasteiger partial charge in [0.25, 0.3) is 0 Å². The molecule has 1 saturated carbocycles. The summed E-state index contributed by atoms with van der Waals surface area (Å²) in [7, 11) is 5.52. The molecule has 7 heteroatoms. The van der Waals surface area contributed by atoms with Crippen molar-refractivity contribution >= 4 is 17.6 Å². The molecule has 1 saturated heterocycles. The summed E-state index contributed by atoms with van der Waals surface area (Å²) in [5, 5.41) is 7.39. The number of unbranched alkanes of at least 4 members (excludes halogenated alkanes) is 1. The second-order valence-electron chi connectivity index (χ2n) is 10.8. The highest BCUT2D eigenvalue weighted by molar-refractivity contribution is 6.30. The van der Waals surface area contributed by atoms with Crippen LogP contribution in [0.4, 0.5) is 4.79 Å². The van der Waals surface area contributed by atoms with Crippen LogP contribution in [-0.4, -0.2) is 64.5 Å². The first-order chi connectivity index (χ1) is 17.5. The number of piperidine rings is 1. The number of nitrogens with zero attached hydrogens (tertiary/aromatic N) is 1. The topological polar surface area (TPSA) is 62.8 Å². The number of hydrogen-bond donors (Lipinski definition) is 2. The Hall–Kier alpha value is -1.34. The first kappa shape index (κ1) is 29.2. The van der Waals surface area contributed by atoms with Crippen LogP contribution in [-0.2, 0) is 15.1 Å². The standard InChI is InChI=1S/C29H48ClN3O3/c1-31-21-27(19-23-11-5-4-6-12-23)32-28(34)33-17-10-14-25(22-33)29(36-3,16-7-8-18-35-2)24-13-9-15-26(30)20-24/h9,13,15,20,23,25,27,31H,4-8,10-12,14,16-19,21-22H2,1-3H3,(H,32,34)/t25-,27+,29-/m1/s1. The minimum absolute atomic E-state index is 0.0613. The molecule has 1 aromatic carbocycles. The molecule has 0 unspecified atom stereocenters. The van der Waals surface area contributed by atoms with Gasteiger partial charge in [0, 0.05) is 57.4 Å². The molecule has 0 radical (unpaired) electrons. The van der Waals surface area contributed by atoms with Crippen molar-refractivity contribution in [2.75, 3.05) is 47.5 Å². The molecule has 2 N–H and O–H groups in total. The molecule has 1 aromatic rings. The van der Waals surface area contributed by atoms with Crippen LogP contribution in [0.15, 0.2) is 24.3 Å². The lowest BCUT2D eigenvalue weighted by Gasteiger charge is -2.45. The minimum Gasteiger partial charge on any atom is -0.385 e. The predicted octanol–water partition coefficient (Wildman–Crippen LogP) is 5.98. The number of carbonyl (C=O) groups excluding carboxylic acids is 1. The molecule has 2 aliphatic rings. The first-order valence-corrected chi connectivity index (χ1v) is 14.4. The molecule has 3 atom stereocenters. The lowest BCUT2D eigenvalue weighted by Crippen LogP contribution is -2.54. The number of nitrogens with one attached hydrogen (secondary N) is 2. The maximum absolute atomic E-state index is 13.5. The van der Waals surface area contributed by atoms with Gasteiger partial charge in [-0.25, -0.2) is 4.79 Å². The van der Waals surface area contributed by atoms with E-state index in [1.807, 2.05) is 37.3 Å². The van der Waals surface area contributed by atoms with Gasteiger partial charge in [0.15, 0.2) is 0 Å². The molecule has 36 heavy (non-hydrogen) atoms. The van der Waals surface area contributed by atoms with Crippen LogP contribution in [0.1, 0.15) is 76.2 Å². The van der Waals surface area contributed by atoms with Gasteiger partial charge in [0.2, 0.25) is 0 Å². The number of likely N-dealkylation sites (tertiary alicyclic amines) is 1. The number of carbonyl (C=O) groups is 1. The molecular weight excluding hydrogens is 474 g/mol. The van der Waals surface area contributed by atoms with Crippen molar-refractivity contribution in [1.82, 2.24) is 15.5 Å². The van der Waals surface area contributed by atoms with E-state index in [0.717, 1.165) is 69.7 Å². The molecule has 1 aliphatic heterocycles. The van der Waals surface area contributed by atoms with Gasteiger partial charge in [-0.1, -0.05) is 55.8 Å². The molecule has 0 spiro atoms. The quantitative estimate of drug-likeness (QED) is 0.313. The smallest absolute Gasteiger partial charge is 0.317 e. The van der Waals surface area contributed by atoms with E-state index >= 15 is 0 Å². The van der Waals surface area contributed by atoms with E-state index in [-0.39, 0.29) is 18.0 Å². The number of hydrogen-bond acceptors (Lipinski definition) is 4. The molecule has 1 heterocycles. The van der Waals surface area contributed by atoms with E-state index in [9.17, 15) is 4.79 Å². The Bertz CT molecular complexity index is 789. The predicted molar refractivity (Wildman–Crippen MR) is 148 cm³/mol. The highest BCUT2D eigenvalue weighted by Gasteiger charge is 2.43. The zero-order valence-corrected chi connectivity index (χ0v) is 23.5. The average molecular weight is 522 g/mol. The number of benzene rings is 1. The van der Waals surface area contributed by atoms with Crippen molar-refractivity contribution in [2.24, 2.45) is 11.8 Å². The summed E-state index contributed by atoms with van der Waals surface area (Å²) < 4.78 is 11.7. The largest absolute Gasteiger partial charge is 0.385 e. The van der Waals surface area contributed by atoms with Gasteiger partial charge in [0.1, 0.15) is 0 Å². The Morgan fingerprint density at radius 2 is 1.97 bits per heavy atom. The molecule has 6 nitrogen and oxygen atoms in total. The van der Waals surface area contributed by atoms with Crippen molar-refractivity contribution in [2.45, 2.75) is 82.3 Å². The molecule has 3 rings (SSSR count). The van der Waals surface area contributed by atoms with Gasteiger partial charge in [-0.05, 0) is 69.2 Å². The third-order valence-electron chi connectivity index (χ3n) is 8.31. The fourth-order valence-electron chi connectivity index (χ4n) is 6.43. The van der Waals surface area contributed by atoms with Gasteiger partial charge in [0.05, 0.1) is 5.60 Å². The Kier molecular flexibility index (Phi) is 12.3. The van der Waals surface area contributed by atoms with Crippen molar-refractivity contribution < 1.29 is 14.3 Å². The fraction of sp³-hybridized carbons (Fsp3) is 0.759. The number of likely N-dealkylation sites (N-methyl/N-ethyl adjacent to an activating group) is 1. The second kappa shape index (κ2) is 15.2. The van der Waals surface area contributed by atoms with Crippen molar-refractivity contribution in [3.63, 3.8) is 0 Å². The molecular formula is C29H48ClN3O3. The number of rotatable bonds is 13. The van der Waals surface area contributed by atoms with E-state index in [2.05, 4.69) is 16.7 Å². The van der Waals surface area contributed by atoms with Gasteiger partial charge < -0.3 is 25.0 Å². The Morgan fingerprint density at radius 3 is 2.67 bits per heavy atom. The number of methoxy groups -OCH3 is 2. The molecule has 2 amide bonds. The number of amides is 2. The lowest BCUT2D eigenvalue weighted by atomic mass is 9.74. The average Bonchev–Trinajstić information content (AvgIpc) is 2.90. The van der Waals surface area contributed by atoms with E-state index in [0.29, 0.717) is 11.6 Å².